The molecule has 0 saturated heterocycles. The first kappa shape index (κ1) is 21.4. The average Bonchev–Trinajstić information content (AvgIpc) is 2.70. The normalized spacial score (nSPS) is 11.6. The maximum atomic E-state index is 12.0. The van der Waals surface area contributed by atoms with E-state index in [0.717, 1.165) is 6.26 Å². The van der Waals surface area contributed by atoms with E-state index in [9.17, 15) is 13.2 Å². The molecule has 0 spiro atoms. The third kappa shape index (κ3) is 6.33. The van der Waals surface area contributed by atoms with Crippen LogP contribution in [0.4, 0.5) is 4.79 Å². The van der Waals surface area contributed by atoms with Gasteiger partial charge in [-0.1, -0.05) is 47.1 Å². The number of carbonyl (C=O) groups excluding carboxylic acids is 1. The van der Waals surface area contributed by atoms with Crippen molar-refractivity contribution in [3.05, 3.63) is 95.0 Å². The van der Waals surface area contributed by atoms with Gasteiger partial charge in [-0.3, -0.25) is 4.84 Å². The molecule has 3 aromatic rings. The monoisotopic (exact) mass is 445 g/mol. The third-order valence-electron chi connectivity index (χ3n) is 3.65. The van der Waals surface area contributed by atoms with Crippen LogP contribution in [0.25, 0.3) is 0 Å². The Balaban J connectivity index is 1.86. The van der Waals surface area contributed by atoms with Crippen LogP contribution in [0.1, 0.15) is 11.1 Å². The summed E-state index contributed by atoms with van der Waals surface area (Å²) in [6.45, 7) is 0. The largest absolute Gasteiger partial charge is 0.540 e. The second-order valence-electron chi connectivity index (χ2n) is 6.02. The maximum absolute atomic E-state index is 12.0. The molecule has 0 radical (unpaired) electrons. The van der Waals surface area contributed by atoms with Gasteiger partial charge < -0.3 is 8.92 Å². The molecule has 0 amide bonds. The van der Waals surface area contributed by atoms with Crippen molar-refractivity contribution in [1.29, 1.82) is 0 Å². The number of rotatable bonds is 6. The predicted octanol–water partition coefficient (Wildman–Crippen LogP) is 4.65. The van der Waals surface area contributed by atoms with Crippen molar-refractivity contribution in [3.8, 4) is 11.5 Å². The van der Waals surface area contributed by atoms with Crippen molar-refractivity contribution >= 4 is 33.6 Å². The van der Waals surface area contributed by atoms with E-state index in [1.807, 2.05) is 0 Å². The summed E-state index contributed by atoms with van der Waals surface area (Å²) in [5.41, 5.74) is 1.47. The highest BCUT2D eigenvalue weighted by atomic mass is 35.5. The quantitative estimate of drug-likeness (QED) is 0.137. The molecule has 9 heteroatoms. The minimum absolute atomic E-state index is 0.140. The van der Waals surface area contributed by atoms with Crippen LogP contribution in [0, 0.1) is 0 Å². The highest BCUT2D eigenvalue weighted by Crippen LogP contribution is 2.19. The maximum Gasteiger partial charge on any atom is 0.540 e. The number of ether oxygens (including phenoxy) is 1. The first-order valence-electron chi connectivity index (χ1n) is 8.58. The van der Waals surface area contributed by atoms with Crippen molar-refractivity contribution < 1.29 is 27.0 Å². The molecule has 0 aromatic heterocycles. The molecule has 0 aliphatic carbocycles. The molecule has 30 heavy (non-hydrogen) atoms. The lowest BCUT2D eigenvalue weighted by Crippen LogP contribution is -2.11. The second-order valence-corrected chi connectivity index (χ2v) is 8.03. The van der Waals surface area contributed by atoms with Crippen molar-refractivity contribution in [2.24, 2.45) is 5.16 Å². The van der Waals surface area contributed by atoms with E-state index in [1.54, 1.807) is 66.7 Å². The van der Waals surface area contributed by atoms with Gasteiger partial charge in [0, 0.05) is 16.1 Å². The number of benzene rings is 3. The molecule has 0 aliphatic rings. The molecule has 0 aliphatic heterocycles. The van der Waals surface area contributed by atoms with Gasteiger partial charge in [-0.25, -0.2) is 4.79 Å². The Morgan fingerprint density at radius 2 is 1.40 bits per heavy atom. The summed E-state index contributed by atoms with van der Waals surface area (Å²) >= 11 is 5.94. The topological polar surface area (TPSA) is 91.3 Å². The van der Waals surface area contributed by atoms with Crippen LogP contribution < -0.4 is 8.92 Å². The summed E-state index contributed by atoms with van der Waals surface area (Å²) < 4.78 is 32.4. The number of hydrogen-bond donors (Lipinski definition) is 0. The smallest absolute Gasteiger partial charge is 0.393 e. The fourth-order valence-electron chi connectivity index (χ4n) is 2.41. The zero-order valence-corrected chi connectivity index (χ0v) is 17.3. The fraction of sp³-hybridized carbons (Fsp3) is 0.0476. The van der Waals surface area contributed by atoms with Crippen LogP contribution in [-0.2, 0) is 15.0 Å². The van der Waals surface area contributed by atoms with Crippen molar-refractivity contribution in [2.45, 2.75) is 0 Å². The Kier molecular flexibility index (Phi) is 6.71. The standard InChI is InChI=1S/C21H16ClNO6S/c1-30(25,26)29-19-13-9-16(10-14-19)20(15-7-11-17(22)12-8-15)23-28-21(24)27-18-5-3-2-4-6-18/h2-14H,1H3/b23-20+. The Morgan fingerprint density at radius 3 is 1.97 bits per heavy atom. The minimum Gasteiger partial charge on any atom is -0.393 e. The van der Waals surface area contributed by atoms with Gasteiger partial charge in [0.05, 0.1) is 6.26 Å². The third-order valence-corrected chi connectivity index (χ3v) is 4.40. The first-order valence-corrected chi connectivity index (χ1v) is 10.8. The molecule has 3 aromatic carbocycles. The van der Waals surface area contributed by atoms with E-state index >= 15 is 0 Å². The molecule has 0 N–H and O–H groups in total. The van der Waals surface area contributed by atoms with Crippen molar-refractivity contribution in [3.63, 3.8) is 0 Å². The summed E-state index contributed by atoms with van der Waals surface area (Å²) in [6.07, 6.45) is -0.0575. The van der Waals surface area contributed by atoms with Crippen LogP contribution in [-0.4, -0.2) is 26.5 Å². The van der Waals surface area contributed by atoms with Crippen molar-refractivity contribution in [2.75, 3.05) is 6.26 Å². The molecule has 0 atom stereocenters. The minimum atomic E-state index is -3.65. The van der Waals surface area contributed by atoms with Crippen LogP contribution in [0.3, 0.4) is 0 Å². The lowest BCUT2D eigenvalue weighted by atomic mass is 10.0. The number of nitrogens with zero attached hydrogens (tertiary/aromatic N) is 1. The van der Waals surface area contributed by atoms with Crippen LogP contribution in [0.2, 0.25) is 5.02 Å². The van der Waals surface area contributed by atoms with Gasteiger partial charge in [-0.2, -0.15) is 8.42 Å². The van der Waals surface area contributed by atoms with E-state index in [0.29, 0.717) is 27.6 Å². The summed E-state index contributed by atoms with van der Waals surface area (Å²) in [5, 5.41) is 4.46. The first-order chi connectivity index (χ1) is 14.3. The molecule has 0 unspecified atom stereocenters. The molecule has 154 valence electrons. The van der Waals surface area contributed by atoms with Gasteiger partial charge in [-0.15, -0.1) is 0 Å². The number of oxime groups is 1. The van der Waals surface area contributed by atoms with E-state index in [2.05, 4.69) is 5.16 Å². The van der Waals surface area contributed by atoms with E-state index in [4.69, 9.17) is 25.4 Å². The fourth-order valence-corrected chi connectivity index (χ4v) is 3.00. The van der Waals surface area contributed by atoms with Gasteiger partial charge in [0.15, 0.2) is 0 Å². The molecule has 0 fully saturated rings. The van der Waals surface area contributed by atoms with Gasteiger partial charge >= 0.3 is 16.3 Å². The Labute approximate surface area is 178 Å². The predicted molar refractivity (Wildman–Crippen MR) is 113 cm³/mol. The zero-order chi connectivity index (χ0) is 21.6. The summed E-state index contributed by atoms with van der Waals surface area (Å²) in [6, 6.07) is 21.2. The molecule has 0 saturated carbocycles. The summed E-state index contributed by atoms with van der Waals surface area (Å²) in [4.78, 5) is 16.9. The lowest BCUT2D eigenvalue weighted by Gasteiger charge is -2.09. The number of halogens is 1. The van der Waals surface area contributed by atoms with E-state index in [-0.39, 0.29) is 5.75 Å². The zero-order valence-electron chi connectivity index (χ0n) is 15.7. The van der Waals surface area contributed by atoms with Gasteiger partial charge in [0.2, 0.25) is 0 Å². The van der Waals surface area contributed by atoms with Crippen molar-refractivity contribution in [1.82, 2.24) is 0 Å². The number of hydrogen-bond acceptors (Lipinski definition) is 7. The molecule has 0 heterocycles. The molecular weight excluding hydrogens is 430 g/mol. The molecule has 0 bridgehead atoms. The lowest BCUT2D eigenvalue weighted by molar-refractivity contribution is 0.102. The Morgan fingerprint density at radius 1 is 0.833 bits per heavy atom. The molecule has 7 nitrogen and oxygen atoms in total. The van der Waals surface area contributed by atoms with Gasteiger partial charge in [-0.05, 0) is 48.5 Å². The van der Waals surface area contributed by atoms with Crippen LogP contribution >= 0.6 is 11.6 Å². The highest BCUT2D eigenvalue weighted by molar-refractivity contribution is 7.86. The molecule has 3 rings (SSSR count). The summed E-state index contributed by atoms with van der Waals surface area (Å²) in [5.74, 6) is 0.453. The average molecular weight is 446 g/mol. The van der Waals surface area contributed by atoms with Gasteiger partial charge in [0.1, 0.15) is 17.2 Å². The Bertz CT molecular complexity index is 1140. The van der Waals surface area contributed by atoms with E-state index < -0.39 is 16.3 Å². The highest BCUT2D eigenvalue weighted by Gasteiger charge is 2.13. The summed E-state index contributed by atoms with van der Waals surface area (Å²) in [7, 11) is -3.65. The number of para-hydroxylation sites is 1. The van der Waals surface area contributed by atoms with Crippen LogP contribution in [0.15, 0.2) is 84.0 Å². The SMILES string of the molecule is CS(=O)(=O)Oc1ccc(/C(=N/OC(=O)Oc2ccccc2)c2ccc(Cl)cc2)cc1. The Hall–Kier alpha value is -3.36. The second kappa shape index (κ2) is 9.43. The molecular formula is C21H16ClNO6S. The van der Waals surface area contributed by atoms with Gasteiger partial charge in [0.25, 0.3) is 0 Å². The van der Waals surface area contributed by atoms with Crippen LogP contribution in [0.5, 0.6) is 11.5 Å². The van der Waals surface area contributed by atoms with E-state index in [1.165, 1.54) is 12.1 Å². The number of carbonyl (C=O) groups is 1.